The first-order valence-corrected chi connectivity index (χ1v) is 6.43. The van der Waals surface area contributed by atoms with Crippen LogP contribution < -0.4 is 4.74 Å². The van der Waals surface area contributed by atoms with Crippen LogP contribution in [-0.2, 0) is 9.57 Å². The number of nitrogens with zero attached hydrogens (tertiary/aromatic N) is 2. The van der Waals surface area contributed by atoms with Crippen LogP contribution >= 0.6 is 0 Å². The van der Waals surface area contributed by atoms with Crippen molar-refractivity contribution in [3.63, 3.8) is 0 Å². The van der Waals surface area contributed by atoms with Gasteiger partial charge in [0, 0.05) is 26.4 Å². The Bertz CT molecular complexity index is 533. The van der Waals surface area contributed by atoms with Crippen LogP contribution in [0.4, 0.5) is 0 Å². The van der Waals surface area contributed by atoms with E-state index in [0.717, 1.165) is 17.0 Å². The van der Waals surface area contributed by atoms with E-state index in [0.29, 0.717) is 6.42 Å². The van der Waals surface area contributed by atoms with E-state index in [4.69, 9.17) is 19.6 Å². The van der Waals surface area contributed by atoms with Crippen molar-refractivity contribution in [3.05, 3.63) is 29.8 Å². The Morgan fingerprint density at radius 1 is 1.40 bits per heavy atom. The zero-order valence-electron chi connectivity index (χ0n) is 11.9. The van der Waals surface area contributed by atoms with Gasteiger partial charge in [0.15, 0.2) is 0 Å². The zero-order valence-corrected chi connectivity index (χ0v) is 11.9. The number of oxime groups is 1. The fraction of sp³-hybridized carbons (Fsp3) is 0.467. The fourth-order valence-electron chi connectivity index (χ4n) is 2.25. The summed E-state index contributed by atoms with van der Waals surface area (Å²) in [7, 11) is 3.23. The van der Waals surface area contributed by atoms with E-state index in [9.17, 15) is 0 Å². The molecule has 0 saturated carbocycles. The van der Waals surface area contributed by atoms with E-state index in [1.807, 2.05) is 31.2 Å². The number of methoxy groups -OCH3 is 2. The lowest BCUT2D eigenvalue weighted by atomic mass is 9.86. The molecule has 1 heterocycles. The minimum Gasteiger partial charge on any atom is -0.497 e. The molecular formula is C15H18N2O3. The Morgan fingerprint density at radius 3 is 2.65 bits per heavy atom. The first-order chi connectivity index (χ1) is 9.61. The number of ether oxygens (including phenoxy) is 2. The molecule has 1 aromatic carbocycles. The molecule has 0 amide bonds. The molecule has 2 rings (SSSR count). The SMILES string of the molecule is COc1ccc([C@@H]2C[C@](C)(OC)ON=C2CC#N)cc1. The Balaban J connectivity index is 2.31. The standard InChI is InChI=1S/C15H18N2O3/c1-15(19-3)10-13(14(8-9-16)17-20-15)11-4-6-12(18-2)7-5-11/h4-7,13H,8,10H2,1-3H3/t13-,15+/m0/s1. The summed E-state index contributed by atoms with van der Waals surface area (Å²) in [6, 6.07) is 9.90. The molecule has 0 spiro atoms. The summed E-state index contributed by atoms with van der Waals surface area (Å²) in [5.41, 5.74) is 1.80. The average Bonchev–Trinajstić information content (AvgIpc) is 2.49. The van der Waals surface area contributed by atoms with E-state index in [2.05, 4.69) is 11.2 Å². The summed E-state index contributed by atoms with van der Waals surface area (Å²) >= 11 is 0. The second-order valence-electron chi connectivity index (χ2n) is 4.88. The third kappa shape index (κ3) is 2.91. The summed E-state index contributed by atoms with van der Waals surface area (Å²) < 4.78 is 10.5. The van der Waals surface area contributed by atoms with Crippen molar-refractivity contribution in [1.82, 2.24) is 0 Å². The molecule has 1 aromatic rings. The number of hydrogen-bond acceptors (Lipinski definition) is 5. The van der Waals surface area contributed by atoms with Crippen molar-refractivity contribution in [2.75, 3.05) is 14.2 Å². The van der Waals surface area contributed by atoms with Crippen LogP contribution in [0.15, 0.2) is 29.4 Å². The highest BCUT2D eigenvalue weighted by molar-refractivity contribution is 5.92. The van der Waals surface area contributed by atoms with Gasteiger partial charge in [0.2, 0.25) is 5.79 Å². The lowest BCUT2D eigenvalue weighted by Gasteiger charge is -2.34. The first kappa shape index (κ1) is 14.4. The molecule has 0 unspecified atom stereocenters. The van der Waals surface area contributed by atoms with Crippen LogP contribution in [0.5, 0.6) is 5.75 Å². The van der Waals surface area contributed by atoms with E-state index >= 15 is 0 Å². The predicted octanol–water partition coefficient (Wildman–Crippen LogP) is 2.83. The molecule has 1 aliphatic heterocycles. The van der Waals surface area contributed by atoms with Gasteiger partial charge in [-0.2, -0.15) is 5.26 Å². The maximum Gasteiger partial charge on any atom is 0.234 e. The van der Waals surface area contributed by atoms with Crippen LogP contribution in [0.3, 0.4) is 0 Å². The highest BCUT2D eigenvalue weighted by atomic mass is 16.8. The minimum absolute atomic E-state index is 0.0132. The highest BCUT2D eigenvalue weighted by Crippen LogP contribution is 2.36. The lowest BCUT2D eigenvalue weighted by Crippen LogP contribution is -2.37. The van der Waals surface area contributed by atoms with Crippen molar-refractivity contribution in [1.29, 1.82) is 5.26 Å². The Kier molecular flexibility index (Phi) is 4.26. The molecule has 106 valence electrons. The zero-order chi connectivity index (χ0) is 14.6. The van der Waals surface area contributed by atoms with E-state index in [1.54, 1.807) is 14.2 Å². The molecule has 0 fully saturated rings. The largest absolute Gasteiger partial charge is 0.497 e. The van der Waals surface area contributed by atoms with E-state index < -0.39 is 5.79 Å². The third-order valence-electron chi connectivity index (χ3n) is 3.54. The molecule has 20 heavy (non-hydrogen) atoms. The fourth-order valence-corrected chi connectivity index (χ4v) is 2.25. The third-order valence-corrected chi connectivity index (χ3v) is 3.54. The van der Waals surface area contributed by atoms with Crippen molar-refractivity contribution in [2.24, 2.45) is 5.16 Å². The summed E-state index contributed by atoms with van der Waals surface area (Å²) in [6.07, 6.45) is 0.868. The maximum absolute atomic E-state index is 8.92. The summed E-state index contributed by atoms with van der Waals surface area (Å²) in [5.74, 6) is 0.0529. The van der Waals surface area contributed by atoms with Crippen molar-refractivity contribution >= 4 is 5.71 Å². The van der Waals surface area contributed by atoms with Crippen LogP contribution in [0.1, 0.15) is 31.2 Å². The molecule has 1 aliphatic rings. The lowest BCUT2D eigenvalue weighted by molar-refractivity contribution is -0.221. The highest BCUT2D eigenvalue weighted by Gasteiger charge is 2.37. The van der Waals surface area contributed by atoms with Crippen molar-refractivity contribution < 1.29 is 14.3 Å². The first-order valence-electron chi connectivity index (χ1n) is 6.43. The van der Waals surface area contributed by atoms with Crippen LogP contribution in [-0.4, -0.2) is 25.7 Å². The monoisotopic (exact) mass is 274 g/mol. The minimum atomic E-state index is -0.760. The van der Waals surface area contributed by atoms with Gasteiger partial charge in [-0.15, -0.1) is 0 Å². The molecule has 5 heteroatoms. The molecule has 0 aromatic heterocycles. The van der Waals surface area contributed by atoms with Gasteiger partial charge in [-0.3, -0.25) is 0 Å². The molecular weight excluding hydrogens is 256 g/mol. The Labute approximate surface area is 118 Å². The Morgan fingerprint density at radius 2 is 2.10 bits per heavy atom. The molecule has 0 N–H and O–H groups in total. The molecule has 0 bridgehead atoms. The van der Waals surface area contributed by atoms with E-state index in [-0.39, 0.29) is 12.3 Å². The van der Waals surface area contributed by atoms with Crippen LogP contribution in [0, 0.1) is 11.3 Å². The summed E-state index contributed by atoms with van der Waals surface area (Å²) in [6.45, 7) is 1.84. The summed E-state index contributed by atoms with van der Waals surface area (Å²) in [4.78, 5) is 5.37. The quantitative estimate of drug-likeness (QED) is 0.847. The number of hydrogen-bond donors (Lipinski definition) is 0. The van der Waals surface area contributed by atoms with Gasteiger partial charge in [-0.1, -0.05) is 17.3 Å². The predicted molar refractivity (Wildman–Crippen MR) is 74.5 cm³/mol. The molecule has 0 radical (unpaired) electrons. The molecule has 2 atom stereocenters. The second kappa shape index (κ2) is 5.93. The number of rotatable bonds is 4. The Hall–Kier alpha value is -2.06. The number of benzene rings is 1. The molecule has 5 nitrogen and oxygen atoms in total. The van der Waals surface area contributed by atoms with Crippen LogP contribution in [0.2, 0.25) is 0 Å². The van der Waals surface area contributed by atoms with Crippen molar-refractivity contribution in [3.8, 4) is 11.8 Å². The molecule has 0 saturated heterocycles. The summed E-state index contributed by atoms with van der Waals surface area (Å²) in [5, 5.41) is 13.0. The van der Waals surface area contributed by atoms with Gasteiger partial charge >= 0.3 is 0 Å². The van der Waals surface area contributed by atoms with Gasteiger partial charge < -0.3 is 14.3 Å². The maximum atomic E-state index is 8.92. The number of nitriles is 1. The van der Waals surface area contributed by atoms with Crippen LogP contribution in [0.25, 0.3) is 0 Å². The van der Waals surface area contributed by atoms with Gasteiger partial charge in [0.1, 0.15) is 5.75 Å². The van der Waals surface area contributed by atoms with Gasteiger partial charge in [0.05, 0.1) is 25.3 Å². The normalized spacial score (nSPS) is 25.3. The second-order valence-corrected chi connectivity index (χ2v) is 4.88. The van der Waals surface area contributed by atoms with Gasteiger partial charge in [-0.05, 0) is 17.7 Å². The molecule has 0 aliphatic carbocycles. The van der Waals surface area contributed by atoms with Gasteiger partial charge in [0.25, 0.3) is 0 Å². The van der Waals surface area contributed by atoms with Crippen molar-refractivity contribution in [2.45, 2.75) is 31.5 Å². The van der Waals surface area contributed by atoms with E-state index in [1.165, 1.54) is 0 Å². The van der Waals surface area contributed by atoms with Gasteiger partial charge in [-0.25, -0.2) is 0 Å². The smallest absolute Gasteiger partial charge is 0.234 e. The average molecular weight is 274 g/mol. The topological polar surface area (TPSA) is 63.8 Å².